The molecule has 0 radical (unpaired) electrons. The van der Waals surface area contributed by atoms with Crippen LogP contribution in [0.1, 0.15) is 29.8 Å². The Bertz CT molecular complexity index is 803. The summed E-state index contributed by atoms with van der Waals surface area (Å²) in [4.78, 5) is 24.2. The van der Waals surface area contributed by atoms with Crippen LogP contribution in [0.4, 0.5) is 24.5 Å². The van der Waals surface area contributed by atoms with Gasteiger partial charge >= 0.3 is 6.18 Å². The Kier molecular flexibility index (Phi) is 6.44. The molecule has 0 atom stereocenters. The van der Waals surface area contributed by atoms with Gasteiger partial charge in [-0.1, -0.05) is 12.1 Å². The minimum Gasteiger partial charge on any atom is -0.376 e. The molecule has 0 spiro atoms. The smallest absolute Gasteiger partial charge is 0.376 e. The SMILES string of the molecule is CC(C)NC(=O)c1ccccc1NCC(=O)Nc1ccc(C(F)(F)F)cc1. The molecule has 0 aliphatic heterocycles. The molecule has 2 amide bonds. The summed E-state index contributed by atoms with van der Waals surface area (Å²) in [5.41, 5.74) is 0.344. The highest BCUT2D eigenvalue weighted by Gasteiger charge is 2.29. The van der Waals surface area contributed by atoms with Crippen LogP contribution in [0, 0.1) is 0 Å². The van der Waals surface area contributed by atoms with E-state index in [1.165, 1.54) is 12.1 Å². The summed E-state index contributed by atoms with van der Waals surface area (Å²) in [5.74, 6) is -0.718. The number of nitrogens with one attached hydrogen (secondary N) is 3. The number of benzene rings is 2. The lowest BCUT2D eigenvalue weighted by molar-refractivity contribution is -0.137. The van der Waals surface area contributed by atoms with Crippen LogP contribution in [0.5, 0.6) is 0 Å². The quantitative estimate of drug-likeness (QED) is 0.713. The van der Waals surface area contributed by atoms with Gasteiger partial charge in [0.2, 0.25) is 5.91 Å². The topological polar surface area (TPSA) is 70.2 Å². The monoisotopic (exact) mass is 379 g/mol. The standard InChI is InChI=1S/C19H20F3N3O2/c1-12(2)24-18(27)15-5-3-4-6-16(15)23-11-17(26)25-14-9-7-13(8-10-14)19(20,21)22/h3-10,12,23H,11H2,1-2H3,(H,24,27)(H,25,26). The molecule has 3 N–H and O–H groups in total. The van der Waals surface area contributed by atoms with Crippen LogP contribution in [0.2, 0.25) is 0 Å². The molecule has 0 heterocycles. The molecule has 0 aliphatic carbocycles. The molecule has 0 aromatic heterocycles. The Morgan fingerprint density at radius 3 is 2.22 bits per heavy atom. The van der Waals surface area contributed by atoms with Gasteiger partial charge in [-0.15, -0.1) is 0 Å². The molecule has 2 aromatic rings. The minimum absolute atomic E-state index is 0.0338. The van der Waals surface area contributed by atoms with Crippen LogP contribution in [0.25, 0.3) is 0 Å². The summed E-state index contributed by atoms with van der Waals surface area (Å²) in [6.07, 6.45) is -4.43. The fraction of sp³-hybridized carbons (Fsp3) is 0.263. The zero-order valence-electron chi connectivity index (χ0n) is 14.9. The fourth-order valence-corrected chi connectivity index (χ4v) is 2.30. The highest BCUT2D eigenvalue weighted by atomic mass is 19.4. The zero-order valence-corrected chi connectivity index (χ0v) is 14.9. The number of para-hydroxylation sites is 1. The fourth-order valence-electron chi connectivity index (χ4n) is 2.30. The van der Waals surface area contributed by atoms with Crippen molar-refractivity contribution in [2.75, 3.05) is 17.2 Å². The second-order valence-electron chi connectivity index (χ2n) is 6.15. The number of hydrogen-bond acceptors (Lipinski definition) is 3. The number of halogens is 3. The van der Waals surface area contributed by atoms with Crippen molar-refractivity contribution in [1.29, 1.82) is 0 Å². The van der Waals surface area contributed by atoms with Gasteiger partial charge in [0.1, 0.15) is 0 Å². The van der Waals surface area contributed by atoms with E-state index in [0.717, 1.165) is 12.1 Å². The van der Waals surface area contributed by atoms with Gasteiger partial charge in [0.15, 0.2) is 0 Å². The maximum absolute atomic E-state index is 12.5. The van der Waals surface area contributed by atoms with Crippen LogP contribution in [-0.2, 0) is 11.0 Å². The summed E-state index contributed by atoms with van der Waals surface area (Å²) in [7, 11) is 0. The van der Waals surface area contributed by atoms with E-state index in [9.17, 15) is 22.8 Å². The van der Waals surface area contributed by atoms with Crippen molar-refractivity contribution in [1.82, 2.24) is 5.32 Å². The summed E-state index contributed by atoms with van der Waals surface area (Å²) in [6, 6.07) is 10.9. The normalized spacial score (nSPS) is 11.2. The predicted molar refractivity (Wildman–Crippen MR) is 97.6 cm³/mol. The largest absolute Gasteiger partial charge is 0.416 e. The van der Waals surface area contributed by atoms with Gasteiger partial charge in [-0.3, -0.25) is 9.59 Å². The summed E-state index contributed by atoms with van der Waals surface area (Å²) < 4.78 is 37.6. The molecule has 27 heavy (non-hydrogen) atoms. The molecule has 0 aliphatic rings. The molecule has 144 valence electrons. The minimum atomic E-state index is -4.43. The van der Waals surface area contributed by atoms with Gasteiger partial charge in [-0.05, 0) is 50.2 Å². The van der Waals surface area contributed by atoms with Crippen molar-refractivity contribution >= 4 is 23.2 Å². The van der Waals surface area contributed by atoms with E-state index < -0.39 is 17.6 Å². The molecule has 2 rings (SSSR count). The number of amides is 2. The summed E-state index contributed by atoms with van der Waals surface area (Å²) >= 11 is 0. The Labute approximate surface area is 155 Å². The number of rotatable bonds is 6. The molecule has 0 fully saturated rings. The van der Waals surface area contributed by atoms with Crippen molar-refractivity contribution in [3.8, 4) is 0 Å². The molecule has 0 unspecified atom stereocenters. The first kappa shape index (κ1) is 20.3. The summed E-state index contributed by atoms with van der Waals surface area (Å²) in [5, 5.41) is 8.15. The van der Waals surface area contributed by atoms with Gasteiger partial charge < -0.3 is 16.0 Å². The van der Waals surface area contributed by atoms with Crippen LogP contribution in [0.3, 0.4) is 0 Å². The average molecular weight is 379 g/mol. The Hall–Kier alpha value is -3.03. The number of hydrogen-bond donors (Lipinski definition) is 3. The second kappa shape index (κ2) is 8.57. The maximum atomic E-state index is 12.5. The molecule has 5 nitrogen and oxygen atoms in total. The summed E-state index contributed by atoms with van der Waals surface area (Å²) in [6.45, 7) is 3.53. The van der Waals surface area contributed by atoms with E-state index in [4.69, 9.17) is 0 Å². The number of alkyl halides is 3. The van der Waals surface area contributed by atoms with Crippen molar-refractivity contribution in [3.05, 3.63) is 59.7 Å². The Balaban J connectivity index is 1.97. The zero-order chi connectivity index (χ0) is 20.0. The van der Waals surface area contributed by atoms with Crippen molar-refractivity contribution in [2.45, 2.75) is 26.1 Å². The first-order valence-electron chi connectivity index (χ1n) is 8.27. The van der Waals surface area contributed by atoms with E-state index >= 15 is 0 Å². The van der Waals surface area contributed by atoms with Gasteiger partial charge in [0.05, 0.1) is 17.7 Å². The van der Waals surface area contributed by atoms with Crippen LogP contribution >= 0.6 is 0 Å². The van der Waals surface area contributed by atoms with Crippen molar-refractivity contribution in [3.63, 3.8) is 0 Å². The van der Waals surface area contributed by atoms with Gasteiger partial charge in [-0.2, -0.15) is 13.2 Å². The molecule has 2 aromatic carbocycles. The molecular formula is C19H20F3N3O2. The Morgan fingerprint density at radius 2 is 1.63 bits per heavy atom. The third-order valence-electron chi connectivity index (χ3n) is 3.53. The second-order valence-corrected chi connectivity index (χ2v) is 6.15. The third kappa shape index (κ3) is 6.02. The number of carbonyl (C=O) groups is 2. The third-order valence-corrected chi connectivity index (χ3v) is 3.53. The van der Waals surface area contributed by atoms with Crippen molar-refractivity contribution in [2.24, 2.45) is 0 Å². The highest BCUT2D eigenvalue weighted by Crippen LogP contribution is 2.29. The molecular weight excluding hydrogens is 359 g/mol. The first-order valence-corrected chi connectivity index (χ1v) is 8.27. The van der Waals surface area contributed by atoms with Crippen LogP contribution < -0.4 is 16.0 Å². The lowest BCUT2D eigenvalue weighted by atomic mass is 10.1. The van der Waals surface area contributed by atoms with Gasteiger partial charge in [0.25, 0.3) is 5.91 Å². The first-order chi connectivity index (χ1) is 12.7. The molecule has 0 saturated carbocycles. The lowest BCUT2D eigenvalue weighted by Crippen LogP contribution is -2.31. The molecule has 0 saturated heterocycles. The van der Waals surface area contributed by atoms with Crippen LogP contribution in [-0.4, -0.2) is 24.4 Å². The molecule has 8 heteroatoms. The lowest BCUT2D eigenvalue weighted by Gasteiger charge is -2.14. The van der Waals surface area contributed by atoms with Crippen molar-refractivity contribution < 1.29 is 22.8 Å². The van der Waals surface area contributed by atoms with Crippen LogP contribution in [0.15, 0.2) is 48.5 Å². The highest BCUT2D eigenvalue weighted by molar-refractivity contribution is 6.01. The van der Waals surface area contributed by atoms with E-state index in [1.807, 2.05) is 13.8 Å². The van der Waals surface area contributed by atoms with E-state index in [2.05, 4.69) is 16.0 Å². The van der Waals surface area contributed by atoms with E-state index in [-0.39, 0.29) is 24.2 Å². The number of anilines is 2. The maximum Gasteiger partial charge on any atom is 0.416 e. The van der Waals surface area contributed by atoms with E-state index in [1.54, 1.807) is 24.3 Å². The van der Waals surface area contributed by atoms with Gasteiger partial charge in [0, 0.05) is 17.4 Å². The molecule has 0 bridgehead atoms. The van der Waals surface area contributed by atoms with Gasteiger partial charge in [-0.25, -0.2) is 0 Å². The van der Waals surface area contributed by atoms with E-state index in [0.29, 0.717) is 11.3 Å². The predicted octanol–water partition coefficient (Wildman–Crippen LogP) is 3.89. The Morgan fingerprint density at radius 1 is 1.00 bits per heavy atom. The number of carbonyl (C=O) groups excluding carboxylic acids is 2. The average Bonchev–Trinajstić information content (AvgIpc) is 2.59.